The number of likely N-dealkylation sites (tertiary alicyclic amines) is 3. The van der Waals surface area contributed by atoms with E-state index in [9.17, 15) is 52.7 Å². The predicted molar refractivity (Wildman–Crippen MR) is 428 cm³/mol. The molecule has 0 aliphatic carbocycles. The number of carbonyl (C=O) groups excluding carboxylic acids is 14. The Hall–Kier alpha value is -12.7. The van der Waals surface area contributed by atoms with Gasteiger partial charge < -0.3 is 152 Å². The zero-order valence-electron chi connectivity index (χ0n) is 65.7. The number of amides is 14. The maximum Gasteiger partial charge on any atom is 0.245 e. The van der Waals surface area contributed by atoms with Gasteiger partial charge in [0, 0.05) is 90.1 Å². The zero-order valence-corrected chi connectivity index (χ0v) is 65.7. The van der Waals surface area contributed by atoms with Gasteiger partial charge in [0.05, 0.1) is 6.54 Å². The van der Waals surface area contributed by atoms with Gasteiger partial charge in [0.15, 0.2) is 35.8 Å². The van der Waals surface area contributed by atoms with Crippen molar-refractivity contribution in [2.45, 2.75) is 207 Å². The molecule has 0 radical (unpaired) electrons. The molecule has 3 aliphatic heterocycles. The molecule has 13 atom stereocenters. The maximum atomic E-state index is 15.4. The number of unbranched alkanes of at least 4 members (excludes halogenated alkanes) is 2. The molecule has 650 valence electrons. The van der Waals surface area contributed by atoms with Crippen molar-refractivity contribution < 1.29 is 67.1 Å². The molecule has 0 spiro atoms. The Labute approximate surface area is 676 Å². The van der Waals surface area contributed by atoms with Crippen molar-refractivity contribution in [3.63, 3.8) is 0 Å². The Bertz CT molecular complexity index is 3670. The lowest BCUT2D eigenvalue weighted by Gasteiger charge is -2.31. The van der Waals surface area contributed by atoms with E-state index in [1.165, 1.54) is 6.92 Å². The first-order chi connectivity index (χ1) is 55.4. The minimum absolute atomic E-state index is 0.00307. The van der Waals surface area contributed by atoms with Gasteiger partial charge in [-0.05, 0) is 121 Å². The van der Waals surface area contributed by atoms with Crippen LogP contribution in [-0.4, -0.2) is 277 Å². The van der Waals surface area contributed by atoms with Crippen LogP contribution in [0.3, 0.4) is 0 Å². The number of hydrogen-bond donors (Lipinski definition) is 31. The molecule has 0 unspecified atom stereocenters. The molecule has 48 heteroatoms. The van der Waals surface area contributed by atoms with Gasteiger partial charge in [0.1, 0.15) is 60.4 Å². The summed E-state index contributed by atoms with van der Waals surface area (Å²) in [5.41, 5.74) is 57.2. The highest BCUT2D eigenvalue weighted by Gasteiger charge is 2.47. The van der Waals surface area contributed by atoms with Crippen LogP contribution >= 0.6 is 0 Å². The van der Waals surface area contributed by atoms with Gasteiger partial charge in [-0.3, -0.25) is 99.6 Å². The molecule has 3 aliphatic rings. The highest BCUT2D eigenvalue weighted by Crippen LogP contribution is 2.25. The summed E-state index contributed by atoms with van der Waals surface area (Å²) in [6.45, 7) is -0.178. The number of guanidine groups is 6. The lowest BCUT2D eigenvalue weighted by molar-refractivity contribution is -0.143. The van der Waals surface area contributed by atoms with E-state index in [4.69, 9.17) is 89.8 Å². The van der Waals surface area contributed by atoms with Gasteiger partial charge in [0.25, 0.3) is 0 Å². The summed E-state index contributed by atoms with van der Waals surface area (Å²) in [6.07, 6.45) is -1.46. The first kappa shape index (κ1) is 96.7. The molecule has 4 rings (SSSR count). The summed E-state index contributed by atoms with van der Waals surface area (Å²) < 4.78 is 0. The van der Waals surface area contributed by atoms with E-state index in [1.54, 1.807) is 30.3 Å². The van der Waals surface area contributed by atoms with Crippen molar-refractivity contribution in [2.24, 2.45) is 57.3 Å². The Balaban J connectivity index is 1.71. The molecule has 41 N–H and O–H groups in total. The molecule has 48 nitrogen and oxygen atoms in total. The van der Waals surface area contributed by atoms with Crippen LogP contribution in [0.4, 0.5) is 0 Å². The summed E-state index contributed by atoms with van der Waals surface area (Å²) in [5, 5.41) is 86.6. The number of carbonyl (C=O) groups is 14. The molecule has 3 saturated heterocycles. The molecular formula is C69H120N34O14. The minimum Gasteiger partial charge on any atom is -0.370 e. The molecule has 3 heterocycles. The number of hydrogen-bond acceptors (Lipinski definition) is 22. The standard InChI is InChI=1S/C69H120N34O14/c1-36(104)91-47(28-37-12-3-2-4-13-37)54(108)90-32-53(107)101-33-38(92-67(80)81)30-49(101)60(114)97-42(15-6-8-23-71)55(109)95-41(14-5-7-22-70)56(110)99-46(18-11-26-89-66(78)79)63(117)103-35-40(94-69(84)85)31-50(103)61(115)98-44(19-20-51(72)105)58(112)96-43(16-9-24-87-64(74)75)57(111)100-45(17-10-25-88-65(76)77)62(116)102-34-39(93-68(82)83)29-48(102)59(113)86-27-21-52(73)106/h2-4,12-13,38-50H,5-11,14-35,70-71H2,1H3,(H2,72,105)(H2,73,106)(H,86,113)(H,90,108)(H,91,104)(H,95,109)(H,96,112)(H,97,114)(H,98,115)(H,99,110)(H,100,111)(H4,74,75,87)(H4,76,77,88)(H4,78,79,89)(H4,80,81,92)(H4,82,83,93)(H4,84,85,94)/t38-,39-,40-,41-,42-,43-,44-,45-,46-,47-,48-,49-,50-/m0/s1. The molecule has 0 bridgehead atoms. The van der Waals surface area contributed by atoms with Crippen molar-refractivity contribution in [2.75, 3.05) is 65.4 Å². The summed E-state index contributed by atoms with van der Waals surface area (Å²) in [5.74, 6) is -14.8. The number of rotatable bonds is 50. The van der Waals surface area contributed by atoms with Gasteiger partial charge in [-0.2, -0.15) is 0 Å². The van der Waals surface area contributed by atoms with Crippen LogP contribution in [0.5, 0.6) is 0 Å². The molecule has 3 fully saturated rings. The Kier molecular flexibility index (Phi) is 41.2. The topological polar surface area (TPSA) is 832 Å². The van der Waals surface area contributed by atoms with Crippen LogP contribution in [-0.2, 0) is 73.5 Å². The van der Waals surface area contributed by atoms with Crippen molar-refractivity contribution >= 4 is 118 Å². The molecule has 117 heavy (non-hydrogen) atoms. The third kappa shape index (κ3) is 34.9. The average Bonchev–Trinajstić information content (AvgIpc) is 1.69. The fraction of sp³-hybridized carbons (Fsp3) is 0.623. The smallest absolute Gasteiger partial charge is 0.245 e. The zero-order chi connectivity index (χ0) is 87.0. The summed E-state index contributed by atoms with van der Waals surface area (Å²) in [7, 11) is 0. The Morgan fingerprint density at radius 1 is 0.376 bits per heavy atom. The van der Waals surface area contributed by atoms with Crippen molar-refractivity contribution in [1.29, 1.82) is 32.5 Å². The van der Waals surface area contributed by atoms with Crippen LogP contribution < -0.4 is 137 Å². The first-order valence-corrected chi connectivity index (χ1v) is 38.5. The van der Waals surface area contributed by atoms with Gasteiger partial charge in [-0.1, -0.05) is 30.3 Å². The number of primary amides is 2. The van der Waals surface area contributed by atoms with Gasteiger partial charge in [-0.25, -0.2) is 0 Å². The SMILES string of the molecule is CC(=O)N[C@@H](Cc1ccccc1)C(=O)NCC(=O)N1C[C@@H](NC(=N)N)C[C@H]1C(=O)N[C@@H](CCCCN)C(=O)N[C@@H](CCCCN)C(=O)N[C@@H](CCCNC(=N)N)C(=O)N1C[C@@H](NC(=N)N)C[C@H]1C(=O)N[C@@H](CCC(N)=O)C(=O)N[C@@H](CCCNC(=N)N)C(=O)N[C@@H](CCCNC(=N)N)C(=O)N1C[C@@H](NC(=N)N)C[C@H]1C(=O)NCCC(N)=O. The number of nitrogens with zero attached hydrogens (tertiary/aromatic N) is 3. The van der Waals surface area contributed by atoms with E-state index in [0.29, 0.717) is 18.4 Å². The molecule has 1 aromatic rings. The van der Waals surface area contributed by atoms with Crippen molar-refractivity contribution in [1.82, 2.24) is 94.5 Å². The molecule has 0 aromatic heterocycles. The van der Waals surface area contributed by atoms with Gasteiger partial charge in [-0.15, -0.1) is 0 Å². The predicted octanol–water partition coefficient (Wildman–Crippen LogP) is -11.6. The van der Waals surface area contributed by atoms with Crippen molar-refractivity contribution in [3.8, 4) is 0 Å². The Morgan fingerprint density at radius 2 is 0.735 bits per heavy atom. The summed E-state index contributed by atoms with van der Waals surface area (Å²) >= 11 is 0. The van der Waals surface area contributed by atoms with Crippen LogP contribution in [0.1, 0.15) is 128 Å². The summed E-state index contributed by atoms with van der Waals surface area (Å²) in [6, 6.07) is -8.38. The monoisotopic (exact) mass is 1650 g/mol. The van der Waals surface area contributed by atoms with Gasteiger partial charge >= 0.3 is 0 Å². The van der Waals surface area contributed by atoms with Crippen LogP contribution in [0, 0.1) is 32.5 Å². The van der Waals surface area contributed by atoms with Crippen molar-refractivity contribution in [3.05, 3.63) is 35.9 Å². The highest BCUT2D eigenvalue weighted by atomic mass is 16.2. The second kappa shape index (κ2) is 49.9. The molecule has 0 saturated carbocycles. The third-order valence-electron chi connectivity index (χ3n) is 19.1. The Morgan fingerprint density at radius 3 is 1.12 bits per heavy atom. The first-order valence-electron chi connectivity index (χ1n) is 38.5. The minimum atomic E-state index is -1.76. The highest BCUT2D eigenvalue weighted by molar-refractivity contribution is 6.00. The summed E-state index contributed by atoms with van der Waals surface area (Å²) in [4.78, 5) is 200. The third-order valence-corrected chi connectivity index (χ3v) is 19.1. The maximum absolute atomic E-state index is 15.4. The average molecular weight is 1650 g/mol. The van der Waals surface area contributed by atoms with E-state index >= 15 is 14.4 Å². The van der Waals surface area contributed by atoms with E-state index < -0.39 is 216 Å². The van der Waals surface area contributed by atoms with E-state index in [-0.39, 0.29) is 155 Å². The fourth-order valence-electron chi connectivity index (χ4n) is 13.6. The second-order valence-corrected chi connectivity index (χ2v) is 28.6. The molecular weight excluding hydrogens is 1530 g/mol. The lowest BCUT2D eigenvalue weighted by Crippen LogP contribution is -2.60. The number of nitrogens with one attached hydrogen (secondary N) is 21. The van der Waals surface area contributed by atoms with Gasteiger partial charge in [0.2, 0.25) is 82.7 Å². The number of benzene rings is 1. The van der Waals surface area contributed by atoms with Crippen LogP contribution in [0.25, 0.3) is 0 Å². The van der Waals surface area contributed by atoms with Crippen LogP contribution in [0.15, 0.2) is 30.3 Å². The lowest BCUT2D eigenvalue weighted by atomic mass is 10.0. The number of nitrogens with two attached hydrogens (primary N) is 10. The molecule has 14 amide bonds. The normalized spacial score (nSPS) is 18.4. The van der Waals surface area contributed by atoms with E-state index in [1.807, 2.05) is 0 Å². The fourth-order valence-corrected chi connectivity index (χ4v) is 13.6. The quantitative estimate of drug-likeness (QED) is 0.0164. The second-order valence-electron chi connectivity index (χ2n) is 28.6. The van der Waals surface area contributed by atoms with E-state index in [2.05, 4.69) is 79.8 Å². The van der Waals surface area contributed by atoms with Crippen LogP contribution in [0.2, 0.25) is 0 Å². The molecule has 1 aromatic carbocycles. The van der Waals surface area contributed by atoms with E-state index in [0.717, 1.165) is 14.7 Å². The largest absolute Gasteiger partial charge is 0.370 e.